The minimum Gasteiger partial charge on any atom is -0.438 e. The molecular formula is C19H17NO4. The molecule has 24 heavy (non-hydrogen) atoms. The van der Waals surface area contributed by atoms with Crippen LogP contribution in [0.2, 0.25) is 0 Å². The van der Waals surface area contributed by atoms with E-state index in [0.29, 0.717) is 11.0 Å². The maximum atomic E-state index is 13.0. The standard InChI is InChI=1S/C19H17NO4/c1-12(21)11-15(13-7-3-2-4-8-13)17-18(22)14-9-5-6-10-16(14)24-19(17)20-23/h2-10,15,20,23H,11H2,1H3. The van der Waals surface area contributed by atoms with Crippen molar-refractivity contribution in [2.75, 3.05) is 5.48 Å². The van der Waals surface area contributed by atoms with Crippen LogP contribution in [0, 0.1) is 0 Å². The minimum atomic E-state index is -0.501. The van der Waals surface area contributed by atoms with Crippen molar-refractivity contribution in [1.29, 1.82) is 0 Å². The van der Waals surface area contributed by atoms with Crippen LogP contribution in [-0.2, 0) is 4.79 Å². The number of carbonyl (C=O) groups is 1. The first-order chi connectivity index (χ1) is 11.6. The zero-order valence-electron chi connectivity index (χ0n) is 13.2. The number of fused-ring (bicyclic) bond motifs is 1. The van der Waals surface area contributed by atoms with Crippen LogP contribution in [0.4, 0.5) is 5.88 Å². The molecule has 0 saturated heterocycles. The zero-order valence-corrected chi connectivity index (χ0v) is 13.2. The molecule has 1 aromatic heterocycles. The van der Waals surface area contributed by atoms with Gasteiger partial charge in [0.25, 0.3) is 0 Å². The van der Waals surface area contributed by atoms with E-state index in [1.54, 1.807) is 24.3 Å². The van der Waals surface area contributed by atoms with E-state index >= 15 is 0 Å². The predicted octanol–water partition coefficient (Wildman–Crippen LogP) is 3.71. The molecule has 0 saturated carbocycles. The van der Waals surface area contributed by atoms with Gasteiger partial charge in [0.1, 0.15) is 11.4 Å². The summed E-state index contributed by atoms with van der Waals surface area (Å²) in [6.45, 7) is 1.48. The van der Waals surface area contributed by atoms with Gasteiger partial charge in [0.15, 0.2) is 5.43 Å². The number of benzene rings is 2. The quantitative estimate of drug-likeness (QED) is 0.700. The summed E-state index contributed by atoms with van der Waals surface area (Å²) in [5, 5.41) is 9.88. The summed E-state index contributed by atoms with van der Waals surface area (Å²) >= 11 is 0. The molecule has 3 aromatic rings. The largest absolute Gasteiger partial charge is 0.438 e. The van der Waals surface area contributed by atoms with Crippen LogP contribution in [0.15, 0.2) is 63.8 Å². The van der Waals surface area contributed by atoms with Gasteiger partial charge in [-0.25, -0.2) is 5.48 Å². The Balaban J connectivity index is 2.29. The van der Waals surface area contributed by atoms with E-state index in [1.807, 2.05) is 35.8 Å². The highest BCUT2D eigenvalue weighted by Crippen LogP contribution is 2.32. The third-order valence-electron chi connectivity index (χ3n) is 3.98. The van der Waals surface area contributed by atoms with E-state index in [1.165, 1.54) is 6.92 Å². The van der Waals surface area contributed by atoms with E-state index in [0.717, 1.165) is 5.56 Å². The van der Waals surface area contributed by atoms with E-state index in [-0.39, 0.29) is 29.1 Å². The molecule has 0 radical (unpaired) electrons. The summed E-state index contributed by atoms with van der Waals surface area (Å²) in [5.74, 6) is -0.590. The molecule has 122 valence electrons. The lowest BCUT2D eigenvalue weighted by atomic mass is 9.87. The molecule has 5 heteroatoms. The van der Waals surface area contributed by atoms with Crippen LogP contribution in [0.1, 0.15) is 30.4 Å². The van der Waals surface area contributed by atoms with Crippen molar-refractivity contribution in [3.05, 3.63) is 75.9 Å². The van der Waals surface area contributed by atoms with Gasteiger partial charge in [-0.3, -0.25) is 14.8 Å². The third kappa shape index (κ3) is 2.94. The highest BCUT2D eigenvalue weighted by atomic mass is 16.5. The second-order valence-corrected chi connectivity index (χ2v) is 5.65. The first kappa shape index (κ1) is 16.0. The lowest BCUT2D eigenvalue weighted by Gasteiger charge is -2.18. The Morgan fingerprint density at radius 1 is 1.12 bits per heavy atom. The molecular weight excluding hydrogens is 306 g/mol. The second-order valence-electron chi connectivity index (χ2n) is 5.65. The monoisotopic (exact) mass is 323 g/mol. The van der Waals surface area contributed by atoms with Gasteiger partial charge in [0.2, 0.25) is 5.88 Å². The topological polar surface area (TPSA) is 79.5 Å². The highest BCUT2D eigenvalue weighted by molar-refractivity contribution is 5.81. The number of para-hydroxylation sites is 1. The number of Topliss-reactive ketones (excluding diaryl/α,β-unsaturated/α-hetero) is 1. The van der Waals surface area contributed by atoms with Gasteiger partial charge >= 0.3 is 0 Å². The normalized spacial score (nSPS) is 12.1. The molecule has 0 aliphatic rings. The van der Waals surface area contributed by atoms with Crippen molar-refractivity contribution >= 4 is 22.6 Å². The van der Waals surface area contributed by atoms with Crippen LogP contribution in [0.5, 0.6) is 0 Å². The fraction of sp³-hybridized carbons (Fsp3) is 0.158. The van der Waals surface area contributed by atoms with Crippen molar-refractivity contribution in [3.63, 3.8) is 0 Å². The zero-order chi connectivity index (χ0) is 17.1. The van der Waals surface area contributed by atoms with Crippen molar-refractivity contribution in [1.82, 2.24) is 0 Å². The lowest BCUT2D eigenvalue weighted by molar-refractivity contribution is -0.117. The van der Waals surface area contributed by atoms with Crippen LogP contribution < -0.4 is 10.9 Å². The number of nitrogens with one attached hydrogen (secondary N) is 1. The Hall–Kier alpha value is -2.92. The average molecular weight is 323 g/mol. The van der Waals surface area contributed by atoms with Gasteiger partial charge in [-0.2, -0.15) is 0 Å². The van der Waals surface area contributed by atoms with Gasteiger partial charge in [0.05, 0.1) is 10.9 Å². The Bertz CT molecular complexity index is 931. The van der Waals surface area contributed by atoms with E-state index in [9.17, 15) is 14.8 Å². The number of rotatable bonds is 5. The van der Waals surface area contributed by atoms with E-state index in [4.69, 9.17) is 4.42 Å². The summed E-state index contributed by atoms with van der Waals surface area (Å²) in [6.07, 6.45) is 0.141. The highest BCUT2D eigenvalue weighted by Gasteiger charge is 2.25. The Kier molecular flexibility index (Phi) is 4.44. The number of hydrogen-bond acceptors (Lipinski definition) is 5. The molecule has 2 aromatic carbocycles. The van der Waals surface area contributed by atoms with Crippen molar-refractivity contribution in [2.24, 2.45) is 0 Å². The number of ketones is 1. The first-order valence-corrected chi connectivity index (χ1v) is 7.62. The van der Waals surface area contributed by atoms with E-state index < -0.39 is 5.92 Å². The molecule has 5 nitrogen and oxygen atoms in total. The molecule has 2 N–H and O–H groups in total. The molecule has 1 atom stereocenters. The second kappa shape index (κ2) is 6.68. The third-order valence-corrected chi connectivity index (χ3v) is 3.98. The molecule has 0 aliphatic heterocycles. The van der Waals surface area contributed by atoms with Crippen LogP contribution in [0.25, 0.3) is 11.0 Å². The molecule has 0 amide bonds. The van der Waals surface area contributed by atoms with Gasteiger partial charge < -0.3 is 4.42 Å². The van der Waals surface area contributed by atoms with Crippen LogP contribution in [0.3, 0.4) is 0 Å². The maximum Gasteiger partial charge on any atom is 0.224 e. The SMILES string of the molecule is CC(=O)CC(c1ccccc1)c1c(NO)oc2ccccc2c1=O. The predicted molar refractivity (Wildman–Crippen MR) is 91.5 cm³/mol. The fourth-order valence-electron chi connectivity index (χ4n) is 2.92. The summed E-state index contributed by atoms with van der Waals surface area (Å²) in [6, 6.07) is 16.1. The maximum absolute atomic E-state index is 13.0. The lowest BCUT2D eigenvalue weighted by Crippen LogP contribution is -2.19. The Morgan fingerprint density at radius 3 is 2.46 bits per heavy atom. The van der Waals surface area contributed by atoms with Gasteiger partial charge in [-0.1, -0.05) is 42.5 Å². The summed E-state index contributed by atoms with van der Waals surface area (Å²) in [7, 11) is 0. The molecule has 0 spiro atoms. The van der Waals surface area contributed by atoms with Crippen molar-refractivity contribution in [2.45, 2.75) is 19.3 Å². The summed E-state index contributed by atoms with van der Waals surface area (Å²) in [4.78, 5) is 24.7. The molecule has 1 unspecified atom stereocenters. The fourth-order valence-corrected chi connectivity index (χ4v) is 2.92. The first-order valence-electron chi connectivity index (χ1n) is 7.62. The van der Waals surface area contributed by atoms with Gasteiger partial charge in [0, 0.05) is 12.3 Å². The van der Waals surface area contributed by atoms with Crippen molar-refractivity contribution < 1.29 is 14.4 Å². The van der Waals surface area contributed by atoms with Crippen molar-refractivity contribution in [3.8, 4) is 0 Å². The summed E-state index contributed by atoms with van der Waals surface area (Å²) in [5.41, 5.74) is 3.15. The summed E-state index contributed by atoms with van der Waals surface area (Å²) < 4.78 is 5.63. The minimum absolute atomic E-state index is 0.0335. The number of anilines is 1. The van der Waals surface area contributed by atoms with Gasteiger partial charge in [-0.15, -0.1) is 0 Å². The Morgan fingerprint density at radius 2 is 1.79 bits per heavy atom. The Labute approximate surface area is 138 Å². The van der Waals surface area contributed by atoms with Crippen LogP contribution in [-0.4, -0.2) is 11.0 Å². The smallest absolute Gasteiger partial charge is 0.224 e. The molecule has 1 heterocycles. The molecule has 0 aliphatic carbocycles. The van der Waals surface area contributed by atoms with E-state index in [2.05, 4.69) is 0 Å². The average Bonchev–Trinajstić information content (AvgIpc) is 2.60. The van der Waals surface area contributed by atoms with Gasteiger partial charge in [-0.05, 0) is 24.6 Å². The molecule has 0 fully saturated rings. The van der Waals surface area contributed by atoms with Crippen LogP contribution >= 0.6 is 0 Å². The molecule has 0 bridgehead atoms. The number of hydrogen-bond donors (Lipinski definition) is 2. The molecule has 3 rings (SSSR count). The number of carbonyl (C=O) groups excluding carboxylic acids is 1.